The Kier molecular flexibility index (Phi) is 6.28. The molecule has 1 atom stereocenters. The lowest BCUT2D eigenvalue weighted by Crippen LogP contribution is -2.33. The van der Waals surface area contributed by atoms with Crippen LogP contribution in [-0.4, -0.2) is 34.4 Å². The molecule has 4 rings (SSSR count). The Morgan fingerprint density at radius 3 is 2.55 bits per heavy atom. The molecule has 1 unspecified atom stereocenters. The first-order valence-corrected chi connectivity index (χ1v) is 10.6. The molecule has 2 aromatic carbocycles. The van der Waals surface area contributed by atoms with Crippen LogP contribution in [-0.2, 0) is 17.8 Å². The van der Waals surface area contributed by atoms with Crippen LogP contribution in [0, 0.1) is 6.92 Å². The van der Waals surface area contributed by atoms with Crippen molar-refractivity contribution in [1.29, 1.82) is 0 Å². The molecule has 160 valence electrons. The summed E-state index contributed by atoms with van der Waals surface area (Å²) in [5.41, 5.74) is 3.97. The van der Waals surface area contributed by atoms with Crippen LogP contribution in [0.4, 0.5) is 0 Å². The van der Waals surface area contributed by atoms with Crippen molar-refractivity contribution in [3.8, 4) is 0 Å². The Hall–Kier alpha value is -3.25. The molecule has 0 bridgehead atoms. The van der Waals surface area contributed by atoms with Crippen molar-refractivity contribution in [3.05, 3.63) is 98.7 Å². The van der Waals surface area contributed by atoms with E-state index >= 15 is 0 Å². The lowest BCUT2D eigenvalue weighted by Gasteiger charge is -2.24. The molecule has 3 aromatic rings. The highest BCUT2D eigenvalue weighted by Crippen LogP contribution is 2.31. The minimum atomic E-state index is -0.219. The number of amides is 1. The monoisotopic (exact) mass is 417 g/mol. The first-order chi connectivity index (χ1) is 15.1. The highest BCUT2D eigenvalue weighted by Gasteiger charge is 2.32. The number of likely N-dealkylation sites (tertiary alicyclic amines) is 1. The molecule has 1 aromatic heterocycles. The van der Waals surface area contributed by atoms with Gasteiger partial charge in [0.1, 0.15) is 5.82 Å². The van der Waals surface area contributed by atoms with E-state index in [1.807, 2.05) is 66.4 Å². The van der Waals surface area contributed by atoms with E-state index in [4.69, 9.17) is 9.72 Å². The molecule has 0 radical (unpaired) electrons. The van der Waals surface area contributed by atoms with Gasteiger partial charge >= 0.3 is 0 Å². The van der Waals surface area contributed by atoms with Gasteiger partial charge in [0, 0.05) is 36.9 Å². The van der Waals surface area contributed by atoms with Crippen LogP contribution in [0.5, 0.6) is 0 Å². The molecule has 1 amide bonds. The second kappa shape index (κ2) is 9.27. The fourth-order valence-corrected chi connectivity index (χ4v) is 4.17. The lowest BCUT2D eigenvalue weighted by atomic mass is 10.0. The van der Waals surface area contributed by atoms with Gasteiger partial charge in [-0.05, 0) is 43.0 Å². The van der Waals surface area contributed by atoms with Crippen LogP contribution in [0.25, 0.3) is 0 Å². The highest BCUT2D eigenvalue weighted by atomic mass is 16.5. The zero-order valence-electron chi connectivity index (χ0n) is 17.9. The number of carbonyl (C=O) groups is 1. The van der Waals surface area contributed by atoms with Crippen molar-refractivity contribution in [1.82, 2.24) is 14.9 Å². The predicted molar refractivity (Wildman–Crippen MR) is 119 cm³/mol. The molecule has 6 heteroatoms. The standard InChI is InChI=1S/C25H27N3O3/c1-17-21(15-18-7-4-3-5-8-18)24(29)27-23(26-17)22-9-6-14-28(22)25(30)20-12-10-19(11-13-20)16-31-2/h3-5,7-8,10-13,22H,6,9,14-16H2,1-2H3,(H,26,27,29). The predicted octanol–water partition coefficient (Wildman–Crippen LogP) is 3.79. The molecule has 2 heterocycles. The molecule has 31 heavy (non-hydrogen) atoms. The minimum absolute atomic E-state index is 0.0415. The number of hydrogen-bond donors (Lipinski definition) is 1. The van der Waals surface area contributed by atoms with Crippen molar-refractivity contribution in [2.24, 2.45) is 0 Å². The Labute approximate surface area is 181 Å². The Balaban J connectivity index is 1.57. The van der Waals surface area contributed by atoms with Crippen LogP contribution in [0.15, 0.2) is 59.4 Å². The van der Waals surface area contributed by atoms with Gasteiger partial charge in [0.2, 0.25) is 0 Å². The Bertz CT molecular complexity index is 1110. The largest absolute Gasteiger partial charge is 0.380 e. The maximum Gasteiger partial charge on any atom is 0.254 e. The minimum Gasteiger partial charge on any atom is -0.380 e. The number of nitrogens with one attached hydrogen (secondary N) is 1. The quantitative estimate of drug-likeness (QED) is 0.662. The molecule has 1 aliphatic heterocycles. The number of methoxy groups -OCH3 is 1. The zero-order valence-corrected chi connectivity index (χ0v) is 17.9. The SMILES string of the molecule is COCc1ccc(C(=O)N2CCCC2c2nc(C)c(Cc3ccccc3)c(=O)[nH]2)cc1. The summed E-state index contributed by atoms with van der Waals surface area (Å²) in [7, 11) is 1.65. The fourth-order valence-electron chi connectivity index (χ4n) is 4.17. The number of ether oxygens (including phenoxy) is 1. The Morgan fingerprint density at radius 1 is 1.13 bits per heavy atom. The van der Waals surface area contributed by atoms with Crippen LogP contribution >= 0.6 is 0 Å². The third kappa shape index (κ3) is 4.59. The number of carbonyl (C=O) groups excluding carboxylic acids is 1. The number of benzene rings is 2. The van der Waals surface area contributed by atoms with Crippen LogP contribution < -0.4 is 5.56 Å². The summed E-state index contributed by atoms with van der Waals surface area (Å²) in [5, 5.41) is 0. The summed E-state index contributed by atoms with van der Waals surface area (Å²) in [6.07, 6.45) is 2.21. The smallest absolute Gasteiger partial charge is 0.254 e. The second-order valence-electron chi connectivity index (χ2n) is 7.96. The van der Waals surface area contributed by atoms with E-state index in [0.717, 1.165) is 24.0 Å². The summed E-state index contributed by atoms with van der Waals surface area (Å²) < 4.78 is 5.14. The second-order valence-corrected chi connectivity index (χ2v) is 7.96. The fraction of sp³-hybridized carbons (Fsp3) is 0.320. The van der Waals surface area contributed by atoms with Crippen molar-refractivity contribution in [2.45, 2.75) is 38.8 Å². The van der Waals surface area contributed by atoms with E-state index in [1.54, 1.807) is 7.11 Å². The third-order valence-electron chi connectivity index (χ3n) is 5.81. The van der Waals surface area contributed by atoms with Gasteiger partial charge < -0.3 is 14.6 Å². The lowest BCUT2D eigenvalue weighted by molar-refractivity contribution is 0.0729. The summed E-state index contributed by atoms with van der Waals surface area (Å²) in [5.74, 6) is 0.529. The van der Waals surface area contributed by atoms with E-state index in [2.05, 4.69) is 4.98 Å². The van der Waals surface area contributed by atoms with E-state index in [-0.39, 0.29) is 17.5 Å². The number of aryl methyl sites for hydroxylation is 1. The average Bonchev–Trinajstić information content (AvgIpc) is 3.27. The molecule has 1 aliphatic rings. The maximum absolute atomic E-state index is 13.2. The van der Waals surface area contributed by atoms with Gasteiger partial charge in [-0.1, -0.05) is 42.5 Å². The molecular formula is C25H27N3O3. The van der Waals surface area contributed by atoms with Crippen molar-refractivity contribution >= 4 is 5.91 Å². The first kappa shape index (κ1) is 21.0. The molecule has 0 aliphatic carbocycles. The van der Waals surface area contributed by atoms with Crippen molar-refractivity contribution in [3.63, 3.8) is 0 Å². The van der Waals surface area contributed by atoms with Crippen LogP contribution in [0.3, 0.4) is 0 Å². The number of aromatic amines is 1. The number of hydrogen-bond acceptors (Lipinski definition) is 4. The van der Waals surface area contributed by atoms with Gasteiger partial charge in [-0.15, -0.1) is 0 Å². The summed E-state index contributed by atoms with van der Waals surface area (Å²) in [6.45, 7) is 3.03. The van der Waals surface area contributed by atoms with Gasteiger partial charge in [0.05, 0.1) is 12.6 Å². The van der Waals surface area contributed by atoms with Gasteiger partial charge in [-0.25, -0.2) is 4.98 Å². The summed E-state index contributed by atoms with van der Waals surface area (Å²) in [4.78, 5) is 35.5. The van der Waals surface area contributed by atoms with Crippen LogP contribution in [0.1, 0.15) is 57.5 Å². The normalized spacial score (nSPS) is 15.9. The molecule has 0 saturated carbocycles. The summed E-state index contributed by atoms with van der Waals surface area (Å²) in [6, 6.07) is 17.1. The topological polar surface area (TPSA) is 75.3 Å². The van der Waals surface area contributed by atoms with E-state index in [1.165, 1.54) is 0 Å². The molecule has 1 N–H and O–H groups in total. The first-order valence-electron chi connectivity index (χ1n) is 10.6. The van der Waals surface area contributed by atoms with Gasteiger partial charge in [0.15, 0.2) is 0 Å². The number of H-pyrrole nitrogens is 1. The highest BCUT2D eigenvalue weighted by molar-refractivity contribution is 5.94. The molecule has 1 fully saturated rings. The zero-order chi connectivity index (χ0) is 21.8. The van der Waals surface area contributed by atoms with Gasteiger partial charge in [-0.2, -0.15) is 0 Å². The van der Waals surface area contributed by atoms with E-state index < -0.39 is 0 Å². The van der Waals surface area contributed by atoms with Crippen molar-refractivity contribution in [2.75, 3.05) is 13.7 Å². The summed E-state index contributed by atoms with van der Waals surface area (Å²) >= 11 is 0. The van der Waals surface area contributed by atoms with Gasteiger partial charge in [-0.3, -0.25) is 9.59 Å². The number of nitrogens with zero attached hydrogens (tertiary/aromatic N) is 2. The van der Waals surface area contributed by atoms with Crippen LogP contribution in [0.2, 0.25) is 0 Å². The van der Waals surface area contributed by atoms with E-state index in [9.17, 15) is 9.59 Å². The van der Waals surface area contributed by atoms with Gasteiger partial charge in [0.25, 0.3) is 11.5 Å². The number of rotatable bonds is 6. The average molecular weight is 418 g/mol. The Morgan fingerprint density at radius 2 is 1.87 bits per heavy atom. The van der Waals surface area contributed by atoms with E-state index in [0.29, 0.717) is 42.2 Å². The molecule has 1 saturated heterocycles. The maximum atomic E-state index is 13.2. The molecule has 0 spiro atoms. The molecular weight excluding hydrogens is 390 g/mol. The molecule has 6 nitrogen and oxygen atoms in total. The number of aromatic nitrogens is 2. The van der Waals surface area contributed by atoms with Crippen molar-refractivity contribution < 1.29 is 9.53 Å². The third-order valence-corrected chi connectivity index (χ3v) is 5.81.